The molecule has 31 heavy (non-hydrogen) atoms. The first-order valence-electron chi connectivity index (χ1n) is 9.88. The SMILES string of the molecule is CCc1ccc(Nc2c(C(=O)N3CC(O)(C(C)NC(C)=O)C3)ccc(F)c2F)c(F)c1. The fourth-order valence-corrected chi connectivity index (χ4v) is 3.51. The average Bonchev–Trinajstić information content (AvgIpc) is 2.69. The van der Waals surface area contributed by atoms with Gasteiger partial charge in [0, 0.05) is 6.92 Å². The van der Waals surface area contributed by atoms with Crippen molar-refractivity contribution in [3.63, 3.8) is 0 Å². The van der Waals surface area contributed by atoms with E-state index in [1.54, 1.807) is 13.0 Å². The molecule has 0 radical (unpaired) electrons. The molecule has 2 aromatic rings. The van der Waals surface area contributed by atoms with E-state index in [2.05, 4.69) is 10.6 Å². The highest BCUT2D eigenvalue weighted by Crippen LogP contribution is 2.32. The fourth-order valence-electron chi connectivity index (χ4n) is 3.51. The first-order chi connectivity index (χ1) is 14.6. The summed E-state index contributed by atoms with van der Waals surface area (Å²) in [5.41, 5.74) is -1.40. The van der Waals surface area contributed by atoms with Gasteiger partial charge < -0.3 is 20.6 Å². The largest absolute Gasteiger partial charge is 0.384 e. The Balaban J connectivity index is 1.85. The van der Waals surface area contributed by atoms with E-state index in [0.717, 1.165) is 17.7 Å². The predicted molar refractivity (Wildman–Crippen MR) is 110 cm³/mol. The number of carbonyl (C=O) groups excluding carboxylic acids is 2. The molecular weight excluding hydrogens is 411 g/mol. The van der Waals surface area contributed by atoms with Crippen molar-refractivity contribution in [1.82, 2.24) is 10.2 Å². The molecule has 9 heteroatoms. The van der Waals surface area contributed by atoms with Gasteiger partial charge in [0.15, 0.2) is 11.6 Å². The Morgan fingerprint density at radius 3 is 2.42 bits per heavy atom. The fraction of sp³-hybridized carbons (Fsp3) is 0.364. The molecule has 1 heterocycles. The van der Waals surface area contributed by atoms with Crippen LogP contribution in [0.3, 0.4) is 0 Å². The van der Waals surface area contributed by atoms with E-state index in [1.165, 1.54) is 24.0 Å². The summed E-state index contributed by atoms with van der Waals surface area (Å²) in [7, 11) is 0. The number of hydrogen-bond donors (Lipinski definition) is 3. The Hall–Kier alpha value is -3.07. The van der Waals surface area contributed by atoms with Crippen molar-refractivity contribution < 1.29 is 27.9 Å². The van der Waals surface area contributed by atoms with E-state index in [4.69, 9.17) is 0 Å². The lowest BCUT2D eigenvalue weighted by Crippen LogP contribution is -2.71. The van der Waals surface area contributed by atoms with Crippen LogP contribution in [-0.2, 0) is 11.2 Å². The number of amides is 2. The standard InChI is InChI=1S/C22H24F3N3O3/c1-4-14-5-8-18(17(24)9-14)27-20-15(6-7-16(23)19(20)25)21(30)28-10-22(31,11-28)12(2)26-13(3)29/h5-9,12,27,31H,4,10-11H2,1-3H3,(H,26,29). The van der Waals surface area contributed by atoms with Crippen LogP contribution >= 0.6 is 0 Å². The minimum atomic E-state index is -1.34. The molecule has 3 N–H and O–H groups in total. The van der Waals surface area contributed by atoms with Crippen molar-refractivity contribution in [2.75, 3.05) is 18.4 Å². The highest BCUT2D eigenvalue weighted by Gasteiger charge is 2.48. The van der Waals surface area contributed by atoms with Crippen molar-refractivity contribution >= 4 is 23.2 Å². The lowest BCUT2D eigenvalue weighted by Gasteiger charge is -2.49. The van der Waals surface area contributed by atoms with Crippen molar-refractivity contribution in [3.05, 3.63) is 58.9 Å². The Morgan fingerprint density at radius 1 is 1.16 bits per heavy atom. The number of nitrogens with one attached hydrogen (secondary N) is 2. The second-order valence-corrected chi connectivity index (χ2v) is 7.76. The lowest BCUT2D eigenvalue weighted by atomic mass is 9.86. The van der Waals surface area contributed by atoms with Gasteiger partial charge in [-0.1, -0.05) is 13.0 Å². The van der Waals surface area contributed by atoms with E-state index >= 15 is 0 Å². The predicted octanol–water partition coefficient (Wildman–Crippen LogP) is 3.12. The number of aliphatic hydroxyl groups is 1. The van der Waals surface area contributed by atoms with Gasteiger partial charge in [0.05, 0.1) is 36.1 Å². The van der Waals surface area contributed by atoms with Gasteiger partial charge in [-0.05, 0) is 43.2 Å². The molecular formula is C22H24F3N3O3. The summed E-state index contributed by atoms with van der Waals surface area (Å²) in [6.45, 7) is 4.56. The number of carbonyl (C=O) groups is 2. The van der Waals surface area contributed by atoms with Gasteiger partial charge in [0.1, 0.15) is 11.4 Å². The number of halogens is 3. The van der Waals surface area contributed by atoms with Crippen molar-refractivity contribution in [2.45, 2.75) is 38.8 Å². The van der Waals surface area contributed by atoms with Gasteiger partial charge in [-0.25, -0.2) is 13.2 Å². The third kappa shape index (κ3) is 4.51. The normalized spacial score (nSPS) is 15.8. The molecule has 0 saturated carbocycles. The zero-order valence-corrected chi connectivity index (χ0v) is 17.4. The first kappa shape index (κ1) is 22.6. The number of benzene rings is 2. The minimum absolute atomic E-state index is 0.102. The zero-order valence-electron chi connectivity index (χ0n) is 17.4. The monoisotopic (exact) mass is 435 g/mol. The lowest BCUT2D eigenvalue weighted by molar-refractivity contribution is -0.128. The molecule has 1 unspecified atom stereocenters. The topological polar surface area (TPSA) is 81.7 Å². The Morgan fingerprint density at radius 2 is 1.84 bits per heavy atom. The summed E-state index contributed by atoms with van der Waals surface area (Å²) < 4.78 is 42.8. The number of hydrogen-bond acceptors (Lipinski definition) is 4. The number of β-amino-alcohol motifs (C(OH)–C–C–N with tert-alkyl or cyclic N) is 1. The molecule has 1 fully saturated rings. The van der Waals surface area contributed by atoms with E-state index < -0.39 is 40.7 Å². The minimum Gasteiger partial charge on any atom is -0.384 e. The summed E-state index contributed by atoms with van der Waals surface area (Å²) >= 11 is 0. The maximum absolute atomic E-state index is 14.6. The second kappa shape index (κ2) is 8.58. The summed E-state index contributed by atoms with van der Waals surface area (Å²) in [6.07, 6.45) is 0.601. The Labute approximate surface area is 178 Å². The zero-order chi connectivity index (χ0) is 22.9. The molecule has 6 nitrogen and oxygen atoms in total. The Kier molecular flexibility index (Phi) is 6.26. The van der Waals surface area contributed by atoms with Crippen molar-refractivity contribution in [1.29, 1.82) is 0 Å². The van der Waals surface area contributed by atoms with Crippen molar-refractivity contribution in [2.24, 2.45) is 0 Å². The smallest absolute Gasteiger partial charge is 0.256 e. The molecule has 1 aliphatic heterocycles. The number of aryl methyl sites for hydroxylation is 1. The van der Waals surface area contributed by atoms with Crippen LogP contribution in [0.2, 0.25) is 0 Å². The molecule has 1 atom stereocenters. The third-order valence-electron chi connectivity index (χ3n) is 5.47. The third-order valence-corrected chi connectivity index (χ3v) is 5.47. The van der Waals surface area contributed by atoms with Gasteiger partial charge in [0.2, 0.25) is 5.91 Å². The van der Waals surface area contributed by atoms with Crippen LogP contribution in [-0.4, -0.2) is 46.6 Å². The number of anilines is 2. The molecule has 0 aromatic heterocycles. The van der Waals surface area contributed by atoms with Gasteiger partial charge >= 0.3 is 0 Å². The average molecular weight is 435 g/mol. The van der Waals surface area contributed by atoms with Crippen LogP contribution in [0.4, 0.5) is 24.5 Å². The molecule has 1 saturated heterocycles. The Bertz CT molecular complexity index is 1020. The number of likely N-dealkylation sites (tertiary alicyclic amines) is 1. The van der Waals surface area contributed by atoms with Crippen LogP contribution in [0.1, 0.15) is 36.7 Å². The van der Waals surface area contributed by atoms with Crippen LogP contribution < -0.4 is 10.6 Å². The summed E-state index contributed by atoms with van der Waals surface area (Å²) in [4.78, 5) is 25.4. The summed E-state index contributed by atoms with van der Waals surface area (Å²) in [6, 6.07) is 5.63. The van der Waals surface area contributed by atoms with E-state index in [-0.39, 0.29) is 30.2 Å². The maximum atomic E-state index is 14.6. The summed E-state index contributed by atoms with van der Waals surface area (Å²) in [5.74, 6) is -4.15. The number of rotatable bonds is 6. The van der Waals surface area contributed by atoms with Crippen LogP contribution in [0.5, 0.6) is 0 Å². The van der Waals surface area contributed by atoms with Gasteiger partial charge in [-0.15, -0.1) is 0 Å². The number of nitrogens with zero attached hydrogens (tertiary/aromatic N) is 1. The van der Waals surface area contributed by atoms with Crippen molar-refractivity contribution in [3.8, 4) is 0 Å². The van der Waals surface area contributed by atoms with Crippen LogP contribution in [0, 0.1) is 17.5 Å². The summed E-state index contributed by atoms with van der Waals surface area (Å²) in [5, 5.41) is 15.6. The highest BCUT2D eigenvalue weighted by atomic mass is 19.2. The quantitative estimate of drug-likeness (QED) is 0.651. The molecule has 0 aliphatic carbocycles. The molecule has 2 amide bonds. The van der Waals surface area contributed by atoms with Crippen LogP contribution in [0.25, 0.3) is 0 Å². The van der Waals surface area contributed by atoms with Gasteiger partial charge in [-0.2, -0.15) is 0 Å². The highest BCUT2D eigenvalue weighted by molar-refractivity contribution is 6.01. The molecule has 0 bridgehead atoms. The molecule has 3 rings (SSSR count). The van der Waals surface area contributed by atoms with E-state index in [9.17, 15) is 27.9 Å². The van der Waals surface area contributed by atoms with E-state index in [0.29, 0.717) is 6.42 Å². The second-order valence-electron chi connectivity index (χ2n) is 7.76. The maximum Gasteiger partial charge on any atom is 0.256 e. The van der Waals surface area contributed by atoms with E-state index in [1.807, 2.05) is 6.92 Å². The van der Waals surface area contributed by atoms with Gasteiger partial charge in [0.25, 0.3) is 5.91 Å². The van der Waals surface area contributed by atoms with Crippen LogP contribution in [0.15, 0.2) is 30.3 Å². The molecule has 0 spiro atoms. The first-order valence-corrected chi connectivity index (χ1v) is 9.88. The van der Waals surface area contributed by atoms with Gasteiger partial charge in [-0.3, -0.25) is 9.59 Å². The molecule has 2 aromatic carbocycles. The molecule has 1 aliphatic rings. The molecule has 166 valence electrons.